The van der Waals surface area contributed by atoms with E-state index in [0.29, 0.717) is 35.8 Å². The molecule has 3 aromatic carbocycles. The van der Waals surface area contributed by atoms with Crippen LogP contribution < -0.4 is 9.80 Å². The van der Waals surface area contributed by atoms with Crippen molar-refractivity contribution in [1.29, 1.82) is 0 Å². The lowest BCUT2D eigenvalue weighted by Crippen LogP contribution is -2.39. The summed E-state index contributed by atoms with van der Waals surface area (Å²) in [6.07, 6.45) is 28.5. The van der Waals surface area contributed by atoms with Crippen LogP contribution >= 0.6 is 0 Å². The van der Waals surface area contributed by atoms with Crippen molar-refractivity contribution in [2.75, 3.05) is 9.80 Å². The summed E-state index contributed by atoms with van der Waals surface area (Å²) in [5, 5.41) is 0. The van der Waals surface area contributed by atoms with Crippen molar-refractivity contribution >= 4 is 22.6 Å². The molecular formula is C46H48N2. The molecule has 2 heteroatoms. The normalized spacial score (nSPS) is 29.3. The van der Waals surface area contributed by atoms with Crippen molar-refractivity contribution in [2.24, 2.45) is 17.8 Å². The average molecular weight is 629 g/mol. The zero-order valence-electron chi connectivity index (χ0n) is 28.7. The molecule has 3 aromatic rings. The summed E-state index contributed by atoms with van der Waals surface area (Å²) in [6.45, 7) is 7.17. The standard InChI is InChI=1S/C46H48N2/c1-31-18-26-42-40(28-31)38-25-24-37(30-43(38)46(42,2)3)47(34-12-6-4-7-13-34)36-22-19-32(20-23-36)33-21-27-45-41(29-33)39-16-10-11-17-44(39)48(45)35-14-8-5-9-15-35/h5-6,8-20,22-26,30-31,33,39,41,44-45H,4,7,21,27-29H2,1-3H3. The molecule has 242 valence electrons. The van der Waals surface area contributed by atoms with Gasteiger partial charge in [0.25, 0.3) is 0 Å². The van der Waals surface area contributed by atoms with E-state index in [1.807, 2.05) is 0 Å². The van der Waals surface area contributed by atoms with Gasteiger partial charge in [-0.25, -0.2) is 0 Å². The highest BCUT2D eigenvalue weighted by atomic mass is 15.2. The number of benzene rings is 3. The molecule has 0 N–H and O–H groups in total. The van der Waals surface area contributed by atoms with Gasteiger partial charge in [-0.15, -0.1) is 0 Å². The summed E-state index contributed by atoms with van der Waals surface area (Å²) < 4.78 is 0. The summed E-state index contributed by atoms with van der Waals surface area (Å²) in [4.78, 5) is 5.25. The Labute approximate surface area is 287 Å². The minimum atomic E-state index is 0.0150. The Bertz CT molecular complexity index is 1900. The lowest BCUT2D eigenvalue weighted by atomic mass is 9.71. The predicted molar refractivity (Wildman–Crippen MR) is 203 cm³/mol. The van der Waals surface area contributed by atoms with Crippen LogP contribution in [0.2, 0.25) is 0 Å². The van der Waals surface area contributed by atoms with E-state index in [9.17, 15) is 0 Å². The summed E-state index contributed by atoms with van der Waals surface area (Å²) in [5.41, 5.74) is 12.7. The second-order valence-corrected chi connectivity index (χ2v) is 15.6. The summed E-state index contributed by atoms with van der Waals surface area (Å²) in [7, 11) is 0. The maximum atomic E-state index is 2.75. The largest absolute Gasteiger partial charge is 0.361 e. The van der Waals surface area contributed by atoms with Crippen LogP contribution in [0.1, 0.15) is 81.9 Å². The van der Waals surface area contributed by atoms with Crippen molar-refractivity contribution in [1.82, 2.24) is 0 Å². The first-order valence-electron chi connectivity index (χ1n) is 18.5. The van der Waals surface area contributed by atoms with Crippen molar-refractivity contribution in [2.45, 2.75) is 82.7 Å². The lowest BCUT2D eigenvalue weighted by molar-refractivity contribution is 0.277. The maximum absolute atomic E-state index is 2.75. The van der Waals surface area contributed by atoms with E-state index >= 15 is 0 Å². The summed E-state index contributed by atoms with van der Waals surface area (Å²) in [6, 6.07) is 29.2. The topological polar surface area (TPSA) is 6.48 Å². The van der Waals surface area contributed by atoms with E-state index in [1.165, 1.54) is 64.3 Å². The highest BCUT2D eigenvalue weighted by molar-refractivity contribution is 5.85. The van der Waals surface area contributed by atoms with Gasteiger partial charge in [-0.05, 0) is 127 Å². The number of allylic oxidation sites excluding steroid dienone is 9. The fourth-order valence-electron chi connectivity index (χ4n) is 10.1. The van der Waals surface area contributed by atoms with Gasteiger partial charge in [-0.3, -0.25) is 0 Å². The molecule has 0 radical (unpaired) electrons. The molecule has 9 rings (SSSR count). The molecule has 1 saturated carbocycles. The van der Waals surface area contributed by atoms with E-state index < -0.39 is 0 Å². The van der Waals surface area contributed by atoms with Gasteiger partial charge in [0.2, 0.25) is 0 Å². The first-order chi connectivity index (χ1) is 23.5. The first kappa shape index (κ1) is 29.8. The number of hydrogen-bond acceptors (Lipinski definition) is 2. The first-order valence-corrected chi connectivity index (χ1v) is 18.5. The molecule has 2 nitrogen and oxygen atoms in total. The van der Waals surface area contributed by atoms with Crippen LogP contribution in [-0.4, -0.2) is 12.1 Å². The minimum absolute atomic E-state index is 0.0150. The van der Waals surface area contributed by atoms with Crippen LogP contribution in [0.3, 0.4) is 0 Å². The van der Waals surface area contributed by atoms with Crippen LogP contribution in [-0.2, 0) is 5.41 Å². The zero-order chi connectivity index (χ0) is 32.4. The van der Waals surface area contributed by atoms with E-state index in [0.717, 1.165) is 19.3 Å². The Morgan fingerprint density at radius 1 is 0.812 bits per heavy atom. The Morgan fingerprint density at radius 2 is 1.62 bits per heavy atom. The molecule has 6 aliphatic rings. The number of rotatable bonds is 5. The second kappa shape index (κ2) is 11.7. The van der Waals surface area contributed by atoms with E-state index in [2.05, 4.69) is 158 Å². The molecule has 0 bridgehead atoms. The van der Waals surface area contributed by atoms with Gasteiger partial charge >= 0.3 is 0 Å². The average Bonchev–Trinajstić information content (AvgIpc) is 3.57. The molecule has 48 heavy (non-hydrogen) atoms. The van der Waals surface area contributed by atoms with Gasteiger partial charge < -0.3 is 9.80 Å². The van der Waals surface area contributed by atoms with Gasteiger partial charge in [-0.1, -0.05) is 106 Å². The number of anilines is 3. The van der Waals surface area contributed by atoms with Crippen LogP contribution in [0.15, 0.2) is 139 Å². The molecule has 1 aliphatic heterocycles. The Balaban J connectivity index is 1.01. The third kappa shape index (κ3) is 4.82. The van der Waals surface area contributed by atoms with E-state index in [4.69, 9.17) is 0 Å². The monoisotopic (exact) mass is 628 g/mol. The SMILES string of the molecule is CC1C=CC2=C(C1)c1ccc(N(C3=CCCC=C3)c3ccc(C4CCC5C(C4)C4C=CC=CC4N5c4ccccc4)cc3)cc1C2(C)C. The molecule has 6 unspecified atom stereocenters. The van der Waals surface area contributed by atoms with Crippen molar-refractivity contribution < 1.29 is 0 Å². The Morgan fingerprint density at radius 3 is 2.44 bits per heavy atom. The van der Waals surface area contributed by atoms with Crippen molar-refractivity contribution in [3.05, 3.63) is 155 Å². The molecule has 6 atom stereocenters. The van der Waals surface area contributed by atoms with Crippen LogP contribution in [0.25, 0.3) is 5.57 Å². The van der Waals surface area contributed by atoms with Gasteiger partial charge in [-0.2, -0.15) is 0 Å². The van der Waals surface area contributed by atoms with E-state index in [-0.39, 0.29) is 5.41 Å². The summed E-state index contributed by atoms with van der Waals surface area (Å²) in [5.74, 6) is 2.47. The zero-order valence-corrected chi connectivity index (χ0v) is 28.7. The second-order valence-electron chi connectivity index (χ2n) is 15.6. The molecule has 1 saturated heterocycles. The number of para-hydroxylation sites is 1. The number of hydrogen-bond donors (Lipinski definition) is 0. The highest BCUT2D eigenvalue weighted by Crippen LogP contribution is 2.53. The van der Waals surface area contributed by atoms with Gasteiger partial charge in [0.05, 0.1) is 6.04 Å². The van der Waals surface area contributed by atoms with Crippen LogP contribution in [0.5, 0.6) is 0 Å². The highest BCUT2D eigenvalue weighted by Gasteiger charge is 2.49. The van der Waals surface area contributed by atoms with Gasteiger partial charge in [0.1, 0.15) is 0 Å². The van der Waals surface area contributed by atoms with Gasteiger partial charge in [0.15, 0.2) is 0 Å². The third-order valence-electron chi connectivity index (χ3n) is 12.5. The minimum Gasteiger partial charge on any atom is -0.361 e. The predicted octanol–water partition coefficient (Wildman–Crippen LogP) is 11.6. The quantitative estimate of drug-likeness (QED) is 0.277. The van der Waals surface area contributed by atoms with Crippen LogP contribution in [0.4, 0.5) is 17.1 Å². The van der Waals surface area contributed by atoms with E-state index in [1.54, 1.807) is 5.57 Å². The lowest BCUT2D eigenvalue weighted by Gasteiger charge is -2.38. The molecule has 5 aliphatic carbocycles. The van der Waals surface area contributed by atoms with Crippen molar-refractivity contribution in [3.8, 4) is 0 Å². The molecule has 2 fully saturated rings. The molecule has 0 aromatic heterocycles. The van der Waals surface area contributed by atoms with Gasteiger partial charge in [0, 0.05) is 40.1 Å². The summed E-state index contributed by atoms with van der Waals surface area (Å²) >= 11 is 0. The smallest absolute Gasteiger partial charge is 0.0545 e. The third-order valence-corrected chi connectivity index (χ3v) is 12.5. The van der Waals surface area contributed by atoms with Crippen LogP contribution in [0, 0.1) is 17.8 Å². The number of nitrogens with zero attached hydrogens (tertiary/aromatic N) is 2. The Hall–Kier alpha value is -4.30. The molecule has 0 spiro atoms. The molecular weight excluding hydrogens is 581 g/mol. The fraction of sp³-hybridized carbons (Fsp3) is 0.348. The Kier molecular flexibility index (Phi) is 7.26. The number of fused-ring (bicyclic) bond motifs is 5. The fourth-order valence-corrected chi connectivity index (χ4v) is 10.1. The molecule has 0 amide bonds. The maximum Gasteiger partial charge on any atom is 0.0545 e. The molecule has 1 heterocycles. The van der Waals surface area contributed by atoms with Crippen molar-refractivity contribution in [3.63, 3.8) is 0 Å².